The normalized spacial score (nSPS) is 18.2. The highest BCUT2D eigenvalue weighted by Gasteiger charge is 2.37. The zero-order chi connectivity index (χ0) is 20.3. The van der Waals surface area contributed by atoms with Crippen LogP contribution in [0, 0.1) is 11.3 Å². The molecule has 1 spiro atoms. The van der Waals surface area contributed by atoms with Gasteiger partial charge in [-0.25, -0.2) is 0 Å². The summed E-state index contributed by atoms with van der Waals surface area (Å²) in [5, 5.41) is 9.16. The maximum atomic E-state index is 12.4. The van der Waals surface area contributed by atoms with Crippen molar-refractivity contribution in [1.82, 2.24) is 4.90 Å². The molecule has 148 valence electrons. The van der Waals surface area contributed by atoms with Gasteiger partial charge in [0.2, 0.25) is 0 Å². The van der Waals surface area contributed by atoms with Crippen LogP contribution in [-0.2, 0) is 14.9 Å². The summed E-state index contributed by atoms with van der Waals surface area (Å²) in [7, 11) is 1.43. The first-order chi connectivity index (χ1) is 14.1. The van der Waals surface area contributed by atoms with Crippen LogP contribution in [-0.4, -0.2) is 37.6 Å². The molecule has 1 saturated heterocycles. The summed E-state index contributed by atoms with van der Waals surface area (Å²) < 4.78 is 5.05. The number of ether oxygens (including phenoxy) is 1. The number of hydrogen-bond donors (Lipinski definition) is 0. The number of likely N-dealkylation sites (tertiary alicyclic amines) is 1. The van der Waals surface area contributed by atoms with E-state index in [0.717, 1.165) is 38.0 Å². The van der Waals surface area contributed by atoms with Crippen LogP contribution in [0.25, 0.3) is 6.08 Å². The number of nitriles is 1. The Labute approximate surface area is 172 Å². The molecule has 2 aromatic rings. The highest BCUT2D eigenvalue weighted by atomic mass is 16.5. The Kier molecular flexibility index (Phi) is 5.51. The molecular weight excluding hydrogens is 360 g/mol. The standard InChI is InChI=1S/C25H26N2O2/c1-29-24(28)22(21-7-4-5-19(17-21)18-26)10-14-27-15-12-25(13-16-27)11-9-20-6-2-3-8-23(20)25/h2-9,11,17,22H,10,12-16H2,1H3. The van der Waals surface area contributed by atoms with Gasteiger partial charge in [-0.15, -0.1) is 0 Å². The van der Waals surface area contributed by atoms with Crippen LogP contribution in [0.3, 0.4) is 0 Å². The Morgan fingerprint density at radius 3 is 2.76 bits per heavy atom. The van der Waals surface area contributed by atoms with Crippen molar-refractivity contribution in [3.05, 3.63) is 76.9 Å². The number of carbonyl (C=O) groups is 1. The van der Waals surface area contributed by atoms with Gasteiger partial charge in [-0.3, -0.25) is 4.79 Å². The molecule has 4 heteroatoms. The van der Waals surface area contributed by atoms with E-state index < -0.39 is 0 Å². The average Bonchev–Trinajstić information content (AvgIpc) is 3.13. The van der Waals surface area contributed by atoms with Crippen molar-refractivity contribution in [2.45, 2.75) is 30.6 Å². The molecule has 4 rings (SSSR count). The molecule has 1 aliphatic heterocycles. The lowest BCUT2D eigenvalue weighted by Crippen LogP contribution is -2.41. The van der Waals surface area contributed by atoms with Crippen LogP contribution in [0.15, 0.2) is 54.6 Å². The van der Waals surface area contributed by atoms with Crippen molar-refractivity contribution in [3.8, 4) is 6.07 Å². The third kappa shape index (κ3) is 3.83. The molecule has 2 aromatic carbocycles. The van der Waals surface area contributed by atoms with Gasteiger partial charge in [-0.05, 0) is 67.7 Å². The molecule has 0 saturated carbocycles. The monoisotopic (exact) mass is 386 g/mol. The molecule has 0 radical (unpaired) electrons. The molecule has 1 unspecified atom stereocenters. The van der Waals surface area contributed by atoms with E-state index in [-0.39, 0.29) is 17.3 Å². The molecular formula is C25H26N2O2. The van der Waals surface area contributed by atoms with Gasteiger partial charge >= 0.3 is 5.97 Å². The number of allylic oxidation sites excluding steroid dienone is 1. The predicted octanol–water partition coefficient (Wildman–Crippen LogP) is 4.27. The fourth-order valence-corrected chi connectivity index (χ4v) is 4.75. The number of hydrogen-bond acceptors (Lipinski definition) is 4. The van der Waals surface area contributed by atoms with Gasteiger partial charge in [0.1, 0.15) is 0 Å². The van der Waals surface area contributed by atoms with Crippen molar-refractivity contribution in [2.24, 2.45) is 0 Å². The SMILES string of the molecule is COC(=O)C(CCN1CCC2(C=Cc3ccccc32)CC1)c1cccc(C#N)c1. The van der Waals surface area contributed by atoms with Gasteiger partial charge in [-0.1, -0.05) is 48.6 Å². The summed E-state index contributed by atoms with van der Waals surface area (Å²) in [6.07, 6.45) is 7.56. The minimum atomic E-state index is -0.337. The van der Waals surface area contributed by atoms with E-state index in [1.807, 2.05) is 12.1 Å². The second kappa shape index (κ2) is 8.23. The van der Waals surface area contributed by atoms with Gasteiger partial charge in [0.25, 0.3) is 0 Å². The number of esters is 1. The summed E-state index contributed by atoms with van der Waals surface area (Å²) in [5.41, 5.74) is 4.42. The molecule has 1 fully saturated rings. The molecule has 1 heterocycles. The molecule has 0 N–H and O–H groups in total. The fraction of sp³-hybridized carbons (Fsp3) is 0.360. The van der Waals surface area contributed by atoms with Crippen LogP contribution in [0.1, 0.15) is 47.4 Å². The zero-order valence-corrected chi connectivity index (χ0v) is 16.8. The third-order valence-corrected chi connectivity index (χ3v) is 6.47. The number of fused-ring (bicyclic) bond motifs is 2. The van der Waals surface area contributed by atoms with Crippen LogP contribution < -0.4 is 0 Å². The van der Waals surface area contributed by atoms with Gasteiger partial charge in [-0.2, -0.15) is 5.26 Å². The molecule has 0 bridgehead atoms. The fourth-order valence-electron chi connectivity index (χ4n) is 4.75. The van der Waals surface area contributed by atoms with Crippen molar-refractivity contribution < 1.29 is 9.53 Å². The maximum absolute atomic E-state index is 12.4. The molecule has 1 aliphatic carbocycles. The van der Waals surface area contributed by atoms with E-state index in [1.54, 1.807) is 12.1 Å². The lowest BCUT2D eigenvalue weighted by atomic mass is 9.74. The summed E-state index contributed by atoms with van der Waals surface area (Å²) in [6.45, 7) is 2.88. The summed E-state index contributed by atoms with van der Waals surface area (Å²) in [6, 6.07) is 18.2. The first-order valence-corrected chi connectivity index (χ1v) is 10.2. The van der Waals surface area contributed by atoms with Gasteiger partial charge in [0.15, 0.2) is 0 Å². The highest BCUT2D eigenvalue weighted by Crippen LogP contribution is 2.43. The summed E-state index contributed by atoms with van der Waals surface area (Å²) in [5.74, 6) is -0.572. The first-order valence-electron chi connectivity index (χ1n) is 10.2. The van der Waals surface area contributed by atoms with E-state index >= 15 is 0 Å². The Balaban J connectivity index is 1.40. The summed E-state index contributed by atoms with van der Waals surface area (Å²) >= 11 is 0. The van der Waals surface area contributed by atoms with E-state index in [1.165, 1.54) is 18.2 Å². The second-order valence-corrected chi connectivity index (χ2v) is 8.02. The zero-order valence-electron chi connectivity index (χ0n) is 16.8. The molecule has 2 aliphatic rings. The van der Waals surface area contributed by atoms with Crippen molar-refractivity contribution >= 4 is 12.0 Å². The molecule has 29 heavy (non-hydrogen) atoms. The molecule has 0 amide bonds. The Bertz CT molecular complexity index is 965. The van der Waals surface area contributed by atoms with Crippen LogP contribution >= 0.6 is 0 Å². The van der Waals surface area contributed by atoms with Crippen LogP contribution in [0.2, 0.25) is 0 Å². The number of carbonyl (C=O) groups excluding carboxylic acids is 1. The highest BCUT2D eigenvalue weighted by molar-refractivity contribution is 5.78. The van der Waals surface area contributed by atoms with Gasteiger partial charge in [0, 0.05) is 5.41 Å². The van der Waals surface area contributed by atoms with Gasteiger partial charge < -0.3 is 9.64 Å². The van der Waals surface area contributed by atoms with E-state index in [0.29, 0.717) is 12.0 Å². The number of rotatable bonds is 5. The van der Waals surface area contributed by atoms with E-state index in [4.69, 9.17) is 10.00 Å². The van der Waals surface area contributed by atoms with Crippen LogP contribution in [0.4, 0.5) is 0 Å². The topological polar surface area (TPSA) is 53.3 Å². The Morgan fingerprint density at radius 1 is 1.21 bits per heavy atom. The quantitative estimate of drug-likeness (QED) is 0.721. The average molecular weight is 386 g/mol. The lowest BCUT2D eigenvalue weighted by molar-refractivity contribution is -0.142. The lowest BCUT2D eigenvalue weighted by Gasteiger charge is -2.39. The third-order valence-electron chi connectivity index (χ3n) is 6.47. The van der Waals surface area contributed by atoms with Crippen molar-refractivity contribution in [3.63, 3.8) is 0 Å². The minimum absolute atomic E-state index is 0.177. The van der Waals surface area contributed by atoms with Crippen molar-refractivity contribution in [1.29, 1.82) is 5.26 Å². The second-order valence-electron chi connectivity index (χ2n) is 8.02. The number of nitrogens with zero attached hydrogens (tertiary/aromatic N) is 2. The summed E-state index contributed by atoms with van der Waals surface area (Å²) in [4.78, 5) is 14.8. The number of benzene rings is 2. The van der Waals surface area contributed by atoms with Crippen LogP contribution in [0.5, 0.6) is 0 Å². The molecule has 0 aromatic heterocycles. The first kappa shape index (κ1) is 19.4. The molecule has 1 atom stereocenters. The minimum Gasteiger partial charge on any atom is -0.469 e. The Morgan fingerprint density at radius 2 is 2.00 bits per heavy atom. The largest absolute Gasteiger partial charge is 0.469 e. The van der Waals surface area contributed by atoms with E-state index in [2.05, 4.69) is 47.4 Å². The van der Waals surface area contributed by atoms with E-state index in [9.17, 15) is 4.79 Å². The predicted molar refractivity (Wildman–Crippen MR) is 113 cm³/mol. The van der Waals surface area contributed by atoms with Gasteiger partial charge in [0.05, 0.1) is 24.7 Å². The number of piperidine rings is 1. The smallest absolute Gasteiger partial charge is 0.313 e. The van der Waals surface area contributed by atoms with Crippen molar-refractivity contribution in [2.75, 3.05) is 26.7 Å². The number of methoxy groups -OCH3 is 1. The maximum Gasteiger partial charge on any atom is 0.313 e. The Hall–Kier alpha value is -2.90. The molecule has 4 nitrogen and oxygen atoms in total.